The first-order chi connectivity index (χ1) is 10.8. The van der Waals surface area contributed by atoms with E-state index in [-0.39, 0.29) is 6.29 Å². The van der Waals surface area contributed by atoms with Crippen molar-refractivity contribution in [1.82, 2.24) is 0 Å². The van der Waals surface area contributed by atoms with Crippen LogP contribution in [0.2, 0.25) is 0 Å². The molecule has 0 aromatic heterocycles. The van der Waals surface area contributed by atoms with Crippen LogP contribution in [0.1, 0.15) is 77.6 Å². The summed E-state index contributed by atoms with van der Waals surface area (Å²) in [7, 11) is 0. The van der Waals surface area contributed by atoms with Gasteiger partial charge in [0.2, 0.25) is 0 Å². The van der Waals surface area contributed by atoms with Crippen molar-refractivity contribution in [1.29, 1.82) is 0 Å². The summed E-state index contributed by atoms with van der Waals surface area (Å²) in [5.74, 6) is 3.08. The van der Waals surface area contributed by atoms with Crippen molar-refractivity contribution in [2.24, 2.45) is 17.8 Å². The lowest BCUT2D eigenvalue weighted by molar-refractivity contribution is -0.175. The van der Waals surface area contributed by atoms with Gasteiger partial charge in [0.05, 0.1) is 13.2 Å². The smallest absolute Gasteiger partial charge is 0.160 e. The first kappa shape index (κ1) is 16.5. The fourth-order valence-corrected chi connectivity index (χ4v) is 4.69. The lowest BCUT2D eigenvalue weighted by atomic mass is 9.70. The van der Waals surface area contributed by atoms with Gasteiger partial charge in [0.25, 0.3) is 0 Å². The van der Waals surface area contributed by atoms with Gasteiger partial charge in [0.15, 0.2) is 6.29 Å². The number of allylic oxidation sites excluding steroid dienone is 1. The average Bonchev–Trinajstić information content (AvgIpc) is 2.61. The third-order valence-electron chi connectivity index (χ3n) is 6.30. The minimum absolute atomic E-state index is 0.0308. The minimum atomic E-state index is 0.0308. The van der Waals surface area contributed by atoms with E-state index in [1.54, 1.807) is 5.57 Å². The molecule has 2 heteroatoms. The van der Waals surface area contributed by atoms with E-state index in [4.69, 9.17) is 9.47 Å². The van der Waals surface area contributed by atoms with E-state index >= 15 is 0 Å². The molecule has 22 heavy (non-hydrogen) atoms. The van der Waals surface area contributed by atoms with Crippen molar-refractivity contribution < 1.29 is 9.47 Å². The highest BCUT2D eigenvalue weighted by molar-refractivity contribution is 5.06. The van der Waals surface area contributed by atoms with Gasteiger partial charge in [-0.25, -0.2) is 0 Å². The van der Waals surface area contributed by atoms with Crippen LogP contribution in [0.3, 0.4) is 0 Å². The average molecular weight is 306 g/mol. The molecule has 0 N–H and O–H groups in total. The molecule has 1 aliphatic heterocycles. The quantitative estimate of drug-likeness (QED) is 0.641. The summed E-state index contributed by atoms with van der Waals surface area (Å²) in [6.07, 6.45) is 17.4. The summed E-state index contributed by atoms with van der Waals surface area (Å²) < 4.78 is 11.3. The van der Waals surface area contributed by atoms with E-state index < -0.39 is 0 Å². The summed E-state index contributed by atoms with van der Waals surface area (Å²) in [5, 5.41) is 0. The van der Waals surface area contributed by atoms with Crippen LogP contribution in [-0.2, 0) is 9.47 Å². The Bertz CT molecular complexity index is 339. The van der Waals surface area contributed by atoms with E-state index in [2.05, 4.69) is 13.0 Å². The van der Waals surface area contributed by atoms with Crippen molar-refractivity contribution >= 4 is 0 Å². The molecule has 3 rings (SSSR count). The molecule has 3 aliphatic rings. The van der Waals surface area contributed by atoms with Crippen molar-refractivity contribution in [2.75, 3.05) is 13.2 Å². The van der Waals surface area contributed by atoms with Crippen LogP contribution < -0.4 is 0 Å². The number of ether oxygens (including phenoxy) is 2. The maximum absolute atomic E-state index is 5.64. The van der Waals surface area contributed by atoms with Crippen LogP contribution in [0.5, 0.6) is 0 Å². The first-order valence-electron chi connectivity index (χ1n) is 9.76. The molecule has 0 amide bonds. The highest BCUT2D eigenvalue weighted by Crippen LogP contribution is 2.41. The highest BCUT2D eigenvalue weighted by Gasteiger charge is 2.28. The maximum atomic E-state index is 5.64. The Morgan fingerprint density at radius 3 is 2.18 bits per heavy atom. The SMILES string of the molecule is CCC1CCC(C2CCC(=CCC3OCCCO3)CC2)CC1. The zero-order valence-corrected chi connectivity index (χ0v) is 14.4. The van der Waals surface area contributed by atoms with E-state index in [0.29, 0.717) is 0 Å². The summed E-state index contributed by atoms with van der Waals surface area (Å²) in [6.45, 7) is 4.11. The zero-order valence-electron chi connectivity index (χ0n) is 14.4. The Kier molecular flexibility index (Phi) is 6.38. The van der Waals surface area contributed by atoms with Gasteiger partial charge in [-0.15, -0.1) is 0 Å². The van der Waals surface area contributed by atoms with Gasteiger partial charge >= 0.3 is 0 Å². The number of rotatable bonds is 4. The molecule has 0 unspecified atom stereocenters. The van der Waals surface area contributed by atoms with Crippen molar-refractivity contribution in [2.45, 2.75) is 83.8 Å². The third kappa shape index (κ3) is 4.58. The van der Waals surface area contributed by atoms with Crippen LogP contribution in [-0.4, -0.2) is 19.5 Å². The molecule has 0 aromatic carbocycles. The standard InChI is InChI=1S/C20H34O2/c1-2-16-4-9-18(10-5-16)19-11-6-17(7-12-19)8-13-20-21-14-3-15-22-20/h8,16,18-20H,2-7,9-15H2,1H3. The van der Waals surface area contributed by atoms with E-state index in [1.165, 1.54) is 57.8 Å². The molecule has 1 saturated heterocycles. The second-order valence-corrected chi connectivity index (χ2v) is 7.65. The summed E-state index contributed by atoms with van der Waals surface area (Å²) in [5.41, 5.74) is 1.66. The predicted octanol–water partition coefficient (Wildman–Crippen LogP) is 5.47. The molecule has 2 nitrogen and oxygen atoms in total. The Morgan fingerprint density at radius 1 is 0.909 bits per heavy atom. The predicted molar refractivity (Wildman–Crippen MR) is 90.7 cm³/mol. The largest absolute Gasteiger partial charge is 0.352 e. The van der Waals surface area contributed by atoms with Gasteiger partial charge in [-0.05, 0) is 62.7 Å². The molecule has 2 aliphatic carbocycles. The molecular weight excluding hydrogens is 272 g/mol. The molecular formula is C20H34O2. The minimum Gasteiger partial charge on any atom is -0.352 e. The summed E-state index contributed by atoms with van der Waals surface area (Å²) >= 11 is 0. The zero-order chi connectivity index (χ0) is 15.2. The molecule has 0 bridgehead atoms. The monoisotopic (exact) mass is 306 g/mol. The molecule has 2 saturated carbocycles. The molecule has 3 fully saturated rings. The van der Waals surface area contributed by atoms with Gasteiger partial charge in [0, 0.05) is 6.42 Å². The molecule has 0 radical (unpaired) electrons. The third-order valence-corrected chi connectivity index (χ3v) is 6.30. The lowest BCUT2D eigenvalue weighted by Gasteiger charge is -2.36. The van der Waals surface area contributed by atoms with Crippen molar-refractivity contribution in [3.8, 4) is 0 Å². The Balaban J connectivity index is 1.38. The van der Waals surface area contributed by atoms with Gasteiger partial charge in [0.1, 0.15) is 0 Å². The van der Waals surface area contributed by atoms with Crippen molar-refractivity contribution in [3.05, 3.63) is 11.6 Å². The summed E-state index contributed by atoms with van der Waals surface area (Å²) in [4.78, 5) is 0. The molecule has 0 aromatic rings. The van der Waals surface area contributed by atoms with Gasteiger partial charge < -0.3 is 9.47 Å². The molecule has 126 valence electrons. The van der Waals surface area contributed by atoms with Crippen molar-refractivity contribution in [3.63, 3.8) is 0 Å². The van der Waals surface area contributed by atoms with E-state index in [0.717, 1.165) is 43.8 Å². The number of hydrogen-bond acceptors (Lipinski definition) is 2. The van der Waals surface area contributed by atoms with Gasteiger partial charge in [-0.2, -0.15) is 0 Å². The van der Waals surface area contributed by atoms with Crippen LogP contribution >= 0.6 is 0 Å². The van der Waals surface area contributed by atoms with Gasteiger partial charge in [-0.1, -0.05) is 37.8 Å². The molecule has 1 heterocycles. The normalized spacial score (nSPS) is 34.6. The topological polar surface area (TPSA) is 18.5 Å². The second kappa shape index (κ2) is 8.49. The van der Waals surface area contributed by atoms with E-state index in [9.17, 15) is 0 Å². The van der Waals surface area contributed by atoms with Crippen LogP contribution in [0.15, 0.2) is 11.6 Å². The lowest BCUT2D eigenvalue weighted by Crippen LogP contribution is -2.25. The molecule has 0 spiro atoms. The number of hydrogen-bond donors (Lipinski definition) is 0. The highest BCUT2D eigenvalue weighted by atomic mass is 16.7. The second-order valence-electron chi connectivity index (χ2n) is 7.65. The summed E-state index contributed by atoms with van der Waals surface area (Å²) in [6, 6.07) is 0. The van der Waals surface area contributed by atoms with Gasteiger partial charge in [-0.3, -0.25) is 0 Å². The molecule has 0 atom stereocenters. The Labute approximate surface area is 136 Å². The Hall–Kier alpha value is -0.340. The van der Waals surface area contributed by atoms with Crippen LogP contribution in [0.25, 0.3) is 0 Å². The Morgan fingerprint density at radius 2 is 1.55 bits per heavy atom. The fourth-order valence-electron chi connectivity index (χ4n) is 4.69. The van der Waals surface area contributed by atoms with Crippen LogP contribution in [0, 0.1) is 17.8 Å². The van der Waals surface area contributed by atoms with E-state index in [1.807, 2.05) is 0 Å². The van der Waals surface area contributed by atoms with Crippen LogP contribution in [0.4, 0.5) is 0 Å². The maximum Gasteiger partial charge on any atom is 0.160 e. The fraction of sp³-hybridized carbons (Fsp3) is 0.900. The first-order valence-corrected chi connectivity index (χ1v) is 9.76.